The summed E-state index contributed by atoms with van der Waals surface area (Å²) in [4.78, 5) is 4.49. The van der Waals surface area contributed by atoms with Gasteiger partial charge in [-0.05, 0) is 0 Å². The predicted molar refractivity (Wildman–Crippen MR) is 59.4 cm³/mol. The van der Waals surface area contributed by atoms with Crippen molar-refractivity contribution in [1.82, 2.24) is 0 Å². The molecule has 0 atom stereocenters. The van der Waals surface area contributed by atoms with E-state index in [9.17, 15) is 0 Å². The summed E-state index contributed by atoms with van der Waals surface area (Å²) in [6.45, 7) is 12.8. The number of aliphatic imine (C=N–C) groups is 1. The molecule has 1 nitrogen and oxygen atoms in total. The van der Waals surface area contributed by atoms with Crippen LogP contribution in [0.15, 0.2) is 17.1 Å². The molecule has 0 amide bonds. The van der Waals surface area contributed by atoms with Gasteiger partial charge < -0.3 is 0 Å². The van der Waals surface area contributed by atoms with Crippen LogP contribution < -0.4 is 0 Å². The van der Waals surface area contributed by atoms with Gasteiger partial charge in [-0.1, -0.05) is 0 Å². The Labute approximate surface area is 96.2 Å². The van der Waals surface area contributed by atoms with E-state index in [1.54, 1.807) is 0 Å². The van der Waals surface area contributed by atoms with Gasteiger partial charge in [0.05, 0.1) is 0 Å². The summed E-state index contributed by atoms with van der Waals surface area (Å²) >= 11 is 2.59. The molecule has 1 fully saturated rings. The average Bonchev–Trinajstić information content (AvgIpc) is 2.78. The first-order valence-corrected chi connectivity index (χ1v) is 5.75. The minimum absolute atomic E-state index is 0.126. The van der Waals surface area contributed by atoms with Crippen molar-refractivity contribution in [1.29, 1.82) is 0 Å². The van der Waals surface area contributed by atoms with Crippen LogP contribution in [-0.2, 0) is 17.0 Å². The van der Waals surface area contributed by atoms with Gasteiger partial charge in [-0.15, -0.1) is 0 Å². The zero-order valence-corrected chi connectivity index (χ0v) is 11.0. The normalized spacial score (nSPS) is 19.6. The summed E-state index contributed by atoms with van der Waals surface area (Å²) in [6.07, 6.45) is 4.46. The zero-order valence-electron chi connectivity index (χ0n) is 9.59. The van der Waals surface area contributed by atoms with Gasteiger partial charge in [0.1, 0.15) is 0 Å². The Morgan fingerprint density at radius 1 is 1.43 bits per heavy atom. The number of nitrogens with zero attached hydrogens (tertiary/aromatic N) is 1. The van der Waals surface area contributed by atoms with E-state index in [-0.39, 0.29) is 5.41 Å². The SMILES string of the molecule is C=C(C=N[C](=[V])C1(C)CC1)C(C)(C)C. The van der Waals surface area contributed by atoms with E-state index in [4.69, 9.17) is 0 Å². The van der Waals surface area contributed by atoms with Crippen LogP contribution >= 0.6 is 0 Å². The van der Waals surface area contributed by atoms with Gasteiger partial charge in [0.15, 0.2) is 0 Å². The molecule has 0 spiro atoms. The van der Waals surface area contributed by atoms with Gasteiger partial charge in [0.2, 0.25) is 0 Å². The predicted octanol–water partition coefficient (Wildman–Crippen LogP) is 3.14. The Morgan fingerprint density at radius 2 is 1.93 bits per heavy atom. The summed E-state index contributed by atoms with van der Waals surface area (Å²) in [5.41, 5.74) is 1.58. The molecule has 0 N–H and O–H groups in total. The van der Waals surface area contributed by atoms with Crippen LogP contribution in [0.1, 0.15) is 40.5 Å². The molecule has 0 aromatic carbocycles. The number of hydrogen-bond donors (Lipinski definition) is 0. The fourth-order valence-electron chi connectivity index (χ4n) is 0.900. The fraction of sp³-hybridized carbons (Fsp3) is 0.667. The Balaban J connectivity index is 2.56. The Hall–Kier alpha value is -0.136. The molecule has 1 aliphatic carbocycles. The van der Waals surface area contributed by atoms with Crippen LogP contribution in [0.4, 0.5) is 0 Å². The van der Waals surface area contributed by atoms with E-state index in [1.807, 2.05) is 6.21 Å². The van der Waals surface area contributed by atoms with E-state index in [0.29, 0.717) is 5.41 Å². The van der Waals surface area contributed by atoms with E-state index in [2.05, 4.69) is 56.2 Å². The second kappa shape index (κ2) is 3.79. The van der Waals surface area contributed by atoms with Gasteiger partial charge in [0.25, 0.3) is 0 Å². The summed E-state index contributed by atoms with van der Waals surface area (Å²) in [5, 5.41) is 0. The van der Waals surface area contributed by atoms with Crippen LogP contribution in [0.2, 0.25) is 0 Å². The first-order chi connectivity index (χ1) is 6.26. The zero-order chi connectivity index (χ0) is 11.0. The quantitative estimate of drug-likeness (QED) is 0.658. The molecule has 1 aliphatic rings. The molecule has 0 bridgehead atoms. The maximum atomic E-state index is 4.49. The van der Waals surface area contributed by atoms with Crippen molar-refractivity contribution in [3.05, 3.63) is 12.2 Å². The molecule has 1 rings (SSSR count). The van der Waals surface area contributed by atoms with Crippen LogP contribution in [0, 0.1) is 10.8 Å². The number of hydrogen-bond acceptors (Lipinski definition) is 1. The molecule has 77 valence electrons. The monoisotopic (exact) mass is 228 g/mol. The molecular formula is C12H19NV. The summed E-state index contributed by atoms with van der Waals surface area (Å²) in [5.74, 6) is 0. The molecule has 2 heteroatoms. The molecule has 0 aromatic rings. The minimum atomic E-state index is 0.126. The van der Waals surface area contributed by atoms with E-state index in [0.717, 1.165) is 5.57 Å². The van der Waals surface area contributed by atoms with Gasteiger partial charge in [-0.2, -0.15) is 0 Å². The Kier molecular flexibility index (Phi) is 3.23. The molecule has 0 unspecified atom stereocenters. The van der Waals surface area contributed by atoms with E-state index in [1.165, 1.54) is 17.2 Å². The maximum absolute atomic E-state index is 4.49. The van der Waals surface area contributed by atoms with Crippen molar-refractivity contribution in [2.75, 3.05) is 0 Å². The average molecular weight is 228 g/mol. The molecular weight excluding hydrogens is 209 g/mol. The van der Waals surface area contributed by atoms with Gasteiger partial charge >= 0.3 is 96.1 Å². The van der Waals surface area contributed by atoms with Crippen molar-refractivity contribution < 1.29 is 17.0 Å². The fourth-order valence-corrected chi connectivity index (χ4v) is 1.34. The molecule has 0 aromatic heterocycles. The third kappa shape index (κ3) is 2.93. The van der Waals surface area contributed by atoms with Crippen LogP contribution in [0.25, 0.3) is 0 Å². The Morgan fingerprint density at radius 3 is 2.29 bits per heavy atom. The number of allylic oxidation sites excluding steroid dienone is 1. The van der Waals surface area contributed by atoms with Crippen molar-refractivity contribution in [2.24, 2.45) is 15.8 Å². The van der Waals surface area contributed by atoms with Crippen molar-refractivity contribution >= 4 is 10.6 Å². The summed E-state index contributed by atoms with van der Waals surface area (Å²) in [7, 11) is 0. The molecule has 0 aliphatic heterocycles. The van der Waals surface area contributed by atoms with Crippen molar-refractivity contribution in [3.8, 4) is 0 Å². The second-order valence-corrected chi connectivity index (χ2v) is 6.08. The first-order valence-electron chi connectivity index (χ1n) is 5.05. The van der Waals surface area contributed by atoms with Crippen LogP contribution in [0.5, 0.6) is 0 Å². The van der Waals surface area contributed by atoms with E-state index >= 15 is 0 Å². The van der Waals surface area contributed by atoms with Crippen LogP contribution in [0.3, 0.4) is 0 Å². The topological polar surface area (TPSA) is 12.4 Å². The third-order valence-electron chi connectivity index (χ3n) is 2.85. The molecule has 0 heterocycles. The molecule has 0 saturated heterocycles. The molecule has 1 saturated carbocycles. The van der Waals surface area contributed by atoms with E-state index < -0.39 is 0 Å². The van der Waals surface area contributed by atoms with Gasteiger partial charge in [0, 0.05) is 0 Å². The van der Waals surface area contributed by atoms with Crippen molar-refractivity contribution in [3.63, 3.8) is 0 Å². The molecule has 0 radical (unpaired) electrons. The third-order valence-corrected chi connectivity index (χ3v) is 3.87. The molecule has 14 heavy (non-hydrogen) atoms. The van der Waals surface area contributed by atoms with Gasteiger partial charge in [-0.25, -0.2) is 0 Å². The second-order valence-electron chi connectivity index (χ2n) is 5.42. The van der Waals surface area contributed by atoms with Crippen molar-refractivity contribution in [2.45, 2.75) is 40.5 Å². The Bertz CT molecular complexity index is 271. The number of rotatable bonds is 3. The first kappa shape index (κ1) is 11.9. The van der Waals surface area contributed by atoms with Gasteiger partial charge in [-0.3, -0.25) is 0 Å². The van der Waals surface area contributed by atoms with Crippen LogP contribution in [-0.4, -0.2) is 10.6 Å². The standard InChI is InChI=1S/C12H19N.V/c1-10(11(2,3)4)8-13-9-12(5)6-7-12;/h8H,1,6-7H2,2-5H3;. The summed E-state index contributed by atoms with van der Waals surface area (Å²) in [6, 6.07) is 0. The summed E-state index contributed by atoms with van der Waals surface area (Å²) < 4.78 is 1.19.